The summed E-state index contributed by atoms with van der Waals surface area (Å²) in [5.74, 6) is -0.344. The van der Waals surface area contributed by atoms with Gasteiger partial charge in [-0.2, -0.15) is 0 Å². The Morgan fingerprint density at radius 3 is 2.83 bits per heavy atom. The molecule has 1 amide bonds. The Morgan fingerprint density at radius 1 is 1.39 bits per heavy atom. The van der Waals surface area contributed by atoms with Crippen molar-refractivity contribution in [1.82, 2.24) is 0 Å². The van der Waals surface area contributed by atoms with Gasteiger partial charge in [0.25, 0.3) is 12.2 Å². The van der Waals surface area contributed by atoms with E-state index in [1.807, 2.05) is 0 Å². The van der Waals surface area contributed by atoms with Gasteiger partial charge in [-0.3, -0.25) is 9.59 Å². The number of anilines is 1. The first kappa shape index (κ1) is 12.2. The molecule has 0 aromatic heterocycles. The highest BCUT2D eigenvalue weighted by molar-refractivity contribution is 6.00. The van der Waals surface area contributed by atoms with E-state index in [2.05, 4.69) is 5.32 Å². The summed E-state index contributed by atoms with van der Waals surface area (Å²) in [4.78, 5) is 22.6. The van der Waals surface area contributed by atoms with E-state index in [0.717, 1.165) is 0 Å². The molecule has 2 rings (SSSR count). The topological polar surface area (TPSA) is 64.6 Å². The van der Waals surface area contributed by atoms with Gasteiger partial charge in [0, 0.05) is 13.0 Å². The van der Waals surface area contributed by atoms with Gasteiger partial charge < -0.3 is 14.8 Å². The molecule has 0 spiro atoms. The highest BCUT2D eigenvalue weighted by Crippen LogP contribution is 2.30. The smallest absolute Gasteiger partial charge is 0.305 e. The number of esters is 1. The Balaban J connectivity index is 2.42. The minimum absolute atomic E-state index is 0.277. The number of carbonyl (C=O) groups excluding carboxylic acids is 2. The Kier molecular flexibility index (Phi) is 3.32. The molecule has 5 nitrogen and oxygen atoms in total. The van der Waals surface area contributed by atoms with Crippen molar-refractivity contribution in [1.29, 1.82) is 0 Å². The summed E-state index contributed by atoms with van der Waals surface area (Å²) in [6.07, 6.45) is 0.461. The Hall–Kier alpha value is -2.30. The third-order valence-electron chi connectivity index (χ3n) is 2.37. The van der Waals surface area contributed by atoms with Crippen LogP contribution >= 0.6 is 0 Å². The second kappa shape index (κ2) is 4.91. The van der Waals surface area contributed by atoms with Crippen LogP contribution in [0.2, 0.25) is 0 Å². The lowest BCUT2D eigenvalue weighted by Gasteiger charge is -2.23. The molecule has 0 bridgehead atoms. The zero-order valence-electron chi connectivity index (χ0n) is 10.1. The van der Waals surface area contributed by atoms with Crippen molar-refractivity contribution in [2.75, 3.05) is 5.32 Å². The van der Waals surface area contributed by atoms with Gasteiger partial charge in [-0.05, 0) is 19.1 Å². The molecule has 94 valence electrons. The molecule has 1 aromatic rings. The lowest BCUT2D eigenvalue weighted by molar-refractivity contribution is -0.170. The van der Waals surface area contributed by atoms with E-state index >= 15 is 0 Å². The fourth-order valence-electron chi connectivity index (χ4n) is 1.67. The summed E-state index contributed by atoms with van der Waals surface area (Å²) in [6, 6.07) is 7.02. The monoisotopic (exact) mass is 247 g/mol. The summed E-state index contributed by atoms with van der Waals surface area (Å²) >= 11 is 0. The molecule has 1 atom stereocenters. The molecule has 1 aromatic carbocycles. The second-order valence-corrected chi connectivity index (χ2v) is 3.89. The van der Waals surface area contributed by atoms with Crippen LogP contribution in [-0.4, -0.2) is 11.9 Å². The predicted octanol–water partition coefficient (Wildman–Crippen LogP) is 2.12. The van der Waals surface area contributed by atoms with Crippen LogP contribution in [0.25, 0.3) is 0 Å². The number of para-hydroxylation sites is 1. The lowest BCUT2D eigenvalue weighted by atomic mass is 10.1. The Labute approximate surface area is 104 Å². The highest BCUT2D eigenvalue weighted by atomic mass is 16.7. The van der Waals surface area contributed by atoms with Crippen LogP contribution < -0.4 is 5.32 Å². The fraction of sp³-hybridized carbons (Fsp3) is 0.231. The molecule has 0 saturated heterocycles. The molecule has 1 N–H and O–H groups in total. The lowest BCUT2D eigenvalue weighted by Crippen LogP contribution is -2.19. The first-order chi connectivity index (χ1) is 8.56. The van der Waals surface area contributed by atoms with Gasteiger partial charge in [0.05, 0.1) is 11.3 Å². The fourth-order valence-corrected chi connectivity index (χ4v) is 1.67. The van der Waals surface area contributed by atoms with Crippen LogP contribution in [0.1, 0.15) is 25.7 Å². The number of carbonyl (C=O) groups is 2. The minimum atomic E-state index is -0.851. The van der Waals surface area contributed by atoms with Gasteiger partial charge in [0.1, 0.15) is 5.76 Å². The number of fused-ring (bicyclic) bond motifs is 1. The normalized spacial score (nSPS) is 21.3. The average molecular weight is 247 g/mol. The van der Waals surface area contributed by atoms with Crippen molar-refractivity contribution in [3.05, 3.63) is 41.7 Å². The van der Waals surface area contributed by atoms with Crippen molar-refractivity contribution in [2.45, 2.75) is 20.1 Å². The summed E-state index contributed by atoms with van der Waals surface area (Å²) in [6.45, 7) is 2.94. The Morgan fingerprint density at radius 2 is 2.11 bits per heavy atom. The quantitative estimate of drug-likeness (QED) is 0.772. The molecular weight excluding hydrogens is 234 g/mol. The maximum Gasteiger partial charge on any atom is 0.305 e. The van der Waals surface area contributed by atoms with Gasteiger partial charge >= 0.3 is 5.97 Å². The molecule has 0 saturated carbocycles. The number of hydrogen-bond donors (Lipinski definition) is 1. The van der Waals surface area contributed by atoms with Gasteiger partial charge in [-0.25, -0.2) is 0 Å². The van der Waals surface area contributed by atoms with Gasteiger partial charge in [-0.1, -0.05) is 12.1 Å². The molecular formula is C13H13NO4. The van der Waals surface area contributed by atoms with Crippen molar-refractivity contribution in [3.8, 4) is 0 Å². The highest BCUT2D eigenvalue weighted by Gasteiger charge is 2.22. The maximum atomic E-state index is 11.6. The van der Waals surface area contributed by atoms with E-state index in [1.54, 1.807) is 31.2 Å². The molecule has 1 aliphatic rings. The third-order valence-corrected chi connectivity index (χ3v) is 2.37. The summed E-state index contributed by atoms with van der Waals surface area (Å²) < 4.78 is 10.6. The van der Waals surface area contributed by atoms with E-state index in [-0.39, 0.29) is 5.91 Å². The minimum Gasteiger partial charge on any atom is -0.455 e. The van der Waals surface area contributed by atoms with E-state index in [0.29, 0.717) is 17.0 Å². The van der Waals surface area contributed by atoms with Crippen molar-refractivity contribution >= 4 is 17.6 Å². The number of ether oxygens (including phenoxy) is 2. The number of benzene rings is 1. The molecule has 1 heterocycles. The van der Waals surface area contributed by atoms with Crippen LogP contribution in [0, 0.1) is 0 Å². The number of nitrogens with one attached hydrogen (secondary N) is 1. The number of amides is 1. The van der Waals surface area contributed by atoms with Crippen LogP contribution in [0.3, 0.4) is 0 Å². The molecule has 1 aliphatic heterocycles. The van der Waals surface area contributed by atoms with Gasteiger partial charge in [-0.15, -0.1) is 0 Å². The molecule has 0 radical (unpaired) electrons. The van der Waals surface area contributed by atoms with Gasteiger partial charge in [0.2, 0.25) is 0 Å². The standard InChI is InChI=1S/C13H13NO4/c1-8-7-12(16)14-11-6-4-3-5-10(11)13(17-8)18-9(2)15/h3-7,13H,1-2H3,(H,14,16)/b8-7-. The zero-order valence-corrected chi connectivity index (χ0v) is 10.1. The van der Waals surface area contributed by atoms with Crippen LogP contribution in [-0.2, 0) is 19.1 Å². The molecule has 0 fully saturated rings. The van der Waals surface area contributed by atoms with Crippen LogP contribution in [0.5, 0.6) is 0 Å². The predicted molar refractivity (Wildman–Crippen MR) is 64.4 cm³/mol. The van der Waals surface area contributed by atoms with E-state index in [9.17, 15) is 9.59 Å². The van der Waals surface area contributed by atoms with Crippen LogP contribution in [0.15, 0.2) is 36.1 Å². The second-order valence-electron chi connectivity index (χ2n) is 3.89. The van der Waals surface area contributed by atoms with E-state index in [4.69, 9.17) is 9.47 Å². The largest absolute Gasteiger partial charge is 0.455 e. The summed E-state index contributed by atoms with van der Waals surface area (Å²) in [5.41, 5.74) is 1.17. The van der Waals surface area contributed by atoms with Crippen LogP contribution in [0.4, 0.5) is 5.69 Å². The maximum absolute atomic E-state index is 11.6. The van der Waals surface area contributed by atoms with Crippen molar-refractivity contribution < 1.29 is 19.1 Å². The molecule has 1 unspecified atom stereocenters. The first-order valence-corrected chi connectivity index (χ1v) is 5.48. The number of allylic oxidation sites excluding steroid dienone is 1. The molecule has 0 aliphatic carbocycles. The van der Waals surface area contributed by atoms with E-state index in [1.165, 1.54) is 13.0 Å². The van der Waals surface area contributed by atoms with E-state index < -0.39 is 12.3 Å². The van der Waals surface area contributed by atoms with Crippen molar-refractivity contribution in [2.24, 2.45) is 0 Å². The molecule has 5 heteroatoms. The van der Waals surface area contributed by atoms with Crippen molar-refractivity contribution in [3.63, 3.8) is 0 Å². The first-order valence-electron chi connectivity index (χ1n) is 5.48. The number of hydrogen-bond acceptors (Lipinski definition) is 4. The molecule has 18 heavy (non-hydrogen) atoms. The summed E-state index contributed by atoms with van der Waals surface area (Å²) in [7, 11) is 0. The zero-order chi connectivity index (χ0) is 13.1. The van der Waals surface area contributed by atoms with Gasteiger partial charge in [0.15, 0.2) is 0 Å². The average Bonchev–Trinajstić information content (AvgIpc) is 2.26. The SMILES string of the molecule is CC(=O)OC1O/C(C)=C\C(=O)Nc2ccccc21. The number of rotatable bonds is 1. The Bertz CT molecular complexity index is 521. The summed E-state index contributed by atoms with van der Waals surface area (Å²) in [5, 5.41) is 2.71. The third kappa shape index (κ3) is 2.68.